The Morgan fingerprint density at radius 3 is 2.44 bits per heavy atom. The van der Waals surface area contributed by atoms with E-state index in [1.165, 1.54) is 6.33 Å². The maximum absolute atomic E-state index is 6.30. The van der Waals surface area contributed by atoms with Gasteiger partial charge < -0.3 is 5.73 Å². The summed E-state index contributed by atoms with van der Waals surface area (Å²) in [6.45, 7) is 1.90. The summed E-state index contributed by atoms with van der Waals surface area (Å²) in [5, 5.41) is 0.649. The number of nitrogens with two attached hydrogens (primary N) is 1. The first-order valence-corrected chi connectivity index (χ1v) is 5.29. The fourth-order valence-corrected chi connectivity index (χ4v) is 1.94. The lowest BCUT2D eigenvalue weighted by Gasteiger charge is -2.25. The molecule has 1 aromatic heterocycles. The number of hydrogen-bond donors (Lipinski definition) is 1. The highest BCUT2D eigenvalue weighted by Crippen LogP contribution is 2.30. The highest BCUT2D eigenvalue weighted by Gasteiger charge is 2.26. The zero-order valence-corrected chi connectivity index (χ0v) is 9.65. The first kappa shape index (κ1) is 11.0. The average Bonchev–Trinajstić information content (AvgIpc) is 2.30. The molecule has 1 aromatic carbocycles. The fourth-order valence-electron chi connectivity index (χ4n) is 1.61. The van der Waals surface area contributed by atoms with E-state index < -0.39 is 5.54 Å². The molecule has 0 saturated carbocycles. The molecule has 2 N–H and O–H groups in total. The van der Waals surface area contributed by atoms with Crippen molar-refractivity contribution in [3.63, 3.8) is 0 Å². The van der Waals surface area contributed by atoms with Gasteiger partial charge in [-0.15, -0.1) is 0 Å². The van der Waals surface area contributed by atoms with Gasteiger partial charge in [-0.3, -0.25) is 0 Å². The molecule has 16 heavy (non-hydrogen) atoms. The van der Waals surface area contributed by atoms with E-state index in [-0.39, 0.29) is 0 Å². The molecular formula is C12H12ClN3. The molecule has 0 aliphatic rings. The van der Waals surface area contributed by atoms with E-state index in [1.807, 2.05) is 31.2 Å². The zero-order chi connectivity index (χ0) is 11.6. The number of aromatic nitrogens is 2. The molecule has 1 heterocycles. The Bertz CT molecular complexity index is 483. The highest BCUT2D eigenvalue weighted by atomic mass is 35.5. The summed E-state index contributed by atoms with van der Waals surface area (Å²) < 4.78 is 0. The molecule has 1 atom stereocenters. The third kappa shape index (κ3) is 1.92. The Balaban J connectivity index is 2.51. The van der Waals surface area contributed by atoms with Gasteiger partial charge in [0.1, 0.15) is 6.33 Å². The van der Waals surface area contributed by atoms with Gasteiger partial charge in [0.25, 0.3) is 0 Å². The largest absolute Gasteiger partial charge is 0.318 e. The van der Waals surface area contributed by atoms with Crippen LogP contribution in [0.3, 0.4) is 0 Å². The summed E-state index contributed by atoms with van der Waals surface area (Å²) in [6, 6.07) is 7.53. The second-order valence-electron chi connectivity index (χ2n) is 3.81. The molecule has 2 aromatic rings. The Morgan fingerprint density at radius 2 is 1.81 bits per heavy atom. The van der Waals surface area contributed by atoms with Crippen molar-refractivity contribution in [3.05, 3.63) is 59.1 Å². The van der Waals surface area contributed by atoms with E-state index in [0.717, 1.165) is 11.1 Å². The Labute approximate surface area is 99.3 Å². The lowest BCUT2D eigenvalue weighted by atomic mass is 9.87. The zero-order valence-electron chi connectivity index (χ0n) is 8.89. The predicted molar refractivity (Wildman–Crippen MR) is 64.1 cm³/mol. The molecule has 4 heteroatoms. The maximum Gasteiger partial charge on any atom is 0.115 e. The second kappa shape index (κ2) is 4.20. The number of nitrogens with zero attached hydrogens (tertiary/aromatic N) is 2. The van der Waals surface area contributed by atoms with Gasteiger partial charge in [-0.25, -0.2) is 9.97 Å². The fraction of sp³-hybridized carbons (Fsp3) is 0.167. The summed E-state index contributed by atoms with van der Waals surface area (Å²) in [5.41, 5.74) is 7.32. The Morgan fingerprint density at radius 1 is 1.19 bits per heavy atom. The number of benzene rings is 1. The number of hydrogen-bond acceptors (Lipinski definition) is 3. The summed E-state index contributed by atoms with van der Waals surface area (Å²) in [6.07, 6.45) is 4.89. The van der Waals surface area contributed by atoms with E-state index in [9.17, 15) is 0 Å². The predicted octanol–water partition coefficient (Wildman–Crippen LogP) is 2.35. The Hall–Kier alpha value is -1.45. The van der Waals surface area contributed by atoms with Crippen LogP contribution in [-0.2, 0) is 5.54 Å². The third-order valence-corrected chi connectivity index (χ3v) is 2.92. The van der Waals surface area contributed by atoms with E-state index in [2.05, 4.69) is 9.97 Å². The molecule has 82 valence electrons. The van der Waals surface area contributed by atoms with Gasteiger partial charge in [-0.05, 0) is 18.6 Å². The van der Waals surface area contributed by atoms with Gasteiger partial charge in [0.2, 0.25) is 0 Å². The summed E-state index contributed by atoms with van der Waals surface area (Å²) in [4.78, 5) is 7.94. The van der Waals surface area contributed by atoms with Crippen LogP contribution >= 0.6 is 11.6 Å². The smallest absolute Gasteiger partial charge is 0.115 e. The van der Waals surface area contributed by atoms with Crippen LogP contribution in [0, 0.1) is 0 Å². The van der Waals surface area contributed by atoms with Gasteiger partial charge in [0.15, 0.2) is 0 Å². The average molecular weight is 234 g/mol. The van der Waals surface area contributed by atoms with Crippen molar-refractivity contribution < 1.29 is 0 Å². The van der Waals surface area contributed by atoms with Gasteiger partial charge >= 0.3 is 0 Å². The normalized spacial score (nSPS) is 14.4. The minimum Gasteiger partial charge on any atom is -0.318 e. The lowest BCUT2D eigenvalue weighted by Crippen LogP contribution is -2.34. The van der Waals surface area contributed by atoms with Crippen LogP contribution in [0.15, 0.2) is 43.0 Å². The van der Waals surface area contributed by atoms with Crippen molar-refractivity contribution in [2.75, 3.05) is 0 Å². The van der Waals surface area contributed by atoms with Crippen LogP contribution in [0.25, 0.3) is 0 Å². The molecule has 0 radical (unpaired) electrons. The monoisotopic (exact) mass is 233 g/mol. The minimum atomic E-state index is -0.681. The number of halogens is 1. The van der Waals surface area contributed by atoms with Crippen LogP contribution < -0.4 is 5.73 Å². The summed E-state index contributed by atoms with van der Waals surface area (Å²) >= 11 is 6.14. The molecular weight excluding hydrogens is 222 g/mol. The van der Waals surface area contributed by atoms with Crippen molar-refractivity contribution in [2.24, 2.45) is 5.73 Å². The molecule has 0 fully saturated rings. The first-order chi connectivity index (χ1) is 7.62. The molecule has 2 rings (SSSR count). The van der Waals surface area contributed by atoms with Crippen molar-refractivity contribution in [1.29, 1.82) is 0 Å². The van der Waals surface area contributed by atoms with Crippen molar-refractivity contribution in [2.45, 2.75) is 12.5 Å². The highest BCUT2D eigenvalue weighted by molar-refractivity contribution is 6.31. The minimum absolute atomic E-state index is 0.649. The van der Waals surface area contributed by atoms with E-state index in [1.54, 1.807) is 12.4 Å². The molecule has 0 saturated heterocycles. The standard InChI is InChI=1S/C12H12ClN3/c1-12(14,9-6-15-8-16-7-9)10-4-2-3-5-11(10)13/h2-8H,14H2,1H3. The second-order valence-corrected chi connectivity index (χ2v) is 4.22. The van der Waals surface area contributed by atoms with Crippen LogP contribution in [0.5, 0.6) is 0 Å². The molecule has 0 spiro atoms. The van der Waals surface area contributed by atoms with Gasteiger partial charge in [0, 0.05) is 23.0 Å². The van der Waals surface area contributed by atoms with E-state index >= 15 is 0 Å². The van der Waals surface area contributed by atoms with Crippen LogP contribution in [0.1, 0.15) is 18.1 Å². The lowest BCUT2D eigenvalue weighted by molar-refractivity contribution is 0.597. The van der Waals surface area contributed by atoms with Crippen LogP contribution in [-0.4, -0.2) is 9.97 Å². The number of rotatable bonds is 2. The Kier molecular flexibility index (Phi) is 2.90. The van der Waals surface area contributed by atoms with Gasteiger partial charge in [-0.2, -0.15) is 0 Å². The maximum atomic E-state index is 6.30. The quantitative estimate of drug-likeness (QED) is 0.866. The van der Waals surface area contributed by atoms with Crippen LogP contribution in [0.2, 0.25) is 5.02 Å². The third-order valence-electron chi connectivity index (χ3n) is 2.59. The van der Waals surface area contributed by atoms with E-state index in [0.29, 0.717) is 5.02 Å². The molecule has 0 aliphatic heterocycles. The summed E-state index contributed by atoms with van der Waals surface area (Å²) in [7, 11) is 0. The molecule has 0 aliphatic carbocycles. The molecule has 3 nitrogen and oxygen atoms in total. The van der Waals surface area contributed by atoms with E-state index in [4.69, 9.17) is 17.3 Å². The molecule has 1 unspecified atom stereocenters. The molecule has 0 bridgehead atoms. The molecule has 0 amide bonds. The van der Waals surface area contributed by atoms with Crippen molar-refractivity contribution >= 4 is 11.6 Å². The van der Waals surface area contributed by atoms with Gasteiger partial charge in [-0.1, -0.05) is 29.8 Å². The van der Waals surface area contributed by atoms with Crippen molar-refractivity contribution in [1.82, 2.24) is 9.97 Å². The van der Waals surface area contributed by atoms with Gasteiger partial charge in [0.05, 0.1) is 5.54 Å². The van der Waals surface area contributed by atoms with Crippen molar-refractivity contribution in [3.8, 4) is 0 Å². The first-order valence-electron chi connectivity index (χ1n) is 4.92. The SMILES string of the molecule is CC(N)(c1cncnc1)c1ccccc1Cl. The topological polar surface area (TPSA) is 51.8 Å². The van der Waals surface area contributed by atoms with Crippen LogP contribution in [0.4, 0.5) is 0 Å². The summed E-state index contributed by atoms with van der Waals surface area (Å²) in [5.74, 6) is 0.